The Balaban J connectivity index is 2.03. The summed E-state index contributed by atoms with van der Waals surface area (Å²) in [6.45, 7) is 9.78. The van der Waals surface area contributed by atoms with Gasteiger partial charge in [-0.05, 0) is 51.1 Å². The number of carbonyl (C=O) groups excluding carboxylic acids is 1. The normalized spacial score (nSPS) is 21.2. The van der Waals surface area contributed by atoms with E-state index in [4.69, 9.17) is 4.74 Å². The fourth-order valence-corrected chi connectivity index (χ4v) is 2.06. The Morgan fingerprint density at radius 3 is 2.83 bits per heavy atom. The molecule has 0 aromatic heterocycles. The van der Waals surface area contributed by atoms with Gasteiger partial charge in [-0.2, -0.15) is 0 Å². The number of hydrogen-bond donors (Lipinski definition) is 2. The maximum atomic E-state index is 11.7. The maximum absolute atomic E-state index is 11.7. The highest BCUT2D eigenvalue weighted by molar-refractivity contribution is 5.80. The summed E-state index contributed by atoms with van der Waals surface area (Å²) >= 11 is 0. The minimum absolute atomic E-state index is 0.0183. The highest BCUT2D eigenvalue weighted by Crippen LogP contribution is 2.10. The van der Waals surface area contributed by atoms with E-state index in [9.17, 15) is 4.79 Å². The molecular formula is C14H28N2O2. The lowest BCUT2D eigenvalue weighted by Crippen LogP contribution is -2.36. The molecule has 2 unspecified atom stereocenters. The van der Waals surface area contributed by atoms with Gasteiger partial charge in [0.25, 0.3) is 0 Å². The lowest BCUT2D eigenvalue weighted by molar-refractivity contribution is -0.131. The summed E-state index contributed by atoms with van der Waals surface area (Å²) in [6, 6.07) is 0. The van der Waals surface area contributed by atoms with Crippen molar-refractivity contribution < 1.29 is 9.53 Å². The van der Waals surface area contributed by atoms with Crippen LogP contribution in [0, 0.1) is 11.8 Å². The Hall–Kier alpha value is -0.610. The molecule has 0 radical (unpaired) electrons. The van der Waals surface area contributed by atoms with Crippen molar-refractivity contribution in [1.29, 1.82) is 0 Å². The van der Waals surface area contributed by atoms with Crippen LogP contribution in [-0.2, 0) is 9.53 Å². The van der Waals surface area contributed by atoms with Crippen molar-refractivity contribution in [3.8, 4) is 0 Å². The topological polar surface area (TPSA) is 50.4 Å². The van der Waals surface area contributed by atoms with Gasteiger partial charge in [0.1, 0.15) is 6.10 Å². The molecule has 18 heavy (non-hydrogen) atoms. The minimum Gasteiger partial charge on any atom is -0.369 e. The summed E-state index contributed by atoms with van der Waals surface area (Å²) in [5, 5.41) is 6.29. The molecule has 4 heteroatoms. The molecule has 1 aliphatic rings. The van der Waals surface area contributed by atoms with E-state index in [2.05, 4.69) is 24.5 Å². The number of nitrogens with one attached hydrogen (secondary N) is 2. The van der Waals surface area contributed by atoms with Crippen LogP contribution < -0.4 is 10.6 Å². The van der Waals surface area contributed by atoms with Gasteiger partial charge in [-0.1, -0.05) is 13.8 Å². The monoisotopic (exact) mass is 256 g/mol. The zero-order chi connectivity index (χ0) is 13.4. The molecule has 106 valence electrons. The zero-order valence-electron chi connectivity index (χ0n) is 12.0. The molecule has 0 aliphatic carbocycles. The van der Waals surface area contributed by atoms with Crippen molar-refractivity contribution in [2.75, 3.05) is 26.2 Å². The van der Waals surface area contributed by atoms with Crippen LogP contribution in [0.3, 0.4) is 0 Å². The van der Waals surface area contributed by atoms with Gasteiger partial charge in [-0.25, -0.2) is 0 Å². The molecule has 0 aromatic rings. The summed E-state index contributed by atoms with van der Waals surface area (Å²) in [5.74, 6) is 1.36. The number of amides is 1. The number of hydrogen-bond acceptors (Lipinski definition) is 3. The third kappa shape index (κ3) is 6.36. The van der Waals surface area contributed by atoms with Crippen molar-refractivity contribution in [3.63, 3.8) is 0 Å². The molecule has 2 atom stereocenters. The first-order chi connectivity index (χ1) is 8.59. The van der Waals surface area contributed by atoms with E-state index in [0.717, 1.165) is 38.4 Å². The van der Waals surface area contributed by atoms with E-state index in [1.807, 2.05) is 6.92 Å². The summed E-state index contributed by atoms with van der Waals surface area (Å²) in [6.07, 6.45) is 2.98. The van der Waals surface area contributed by atoms with Crippen LogP contribution in [0.15, 0.2) is 0 Å². The molecule has 1 amide bonds. The highest BCUT2D eigenvalue weighted by Gasteiger charge is 2.16. The fourth-order valence-electron chi connectivity index (χ4n) is 2.06. The Morgan fingerprint density at radius 1 is 1.44 bits per heavy atom. The zero-order valence-corrected chi connectivity index (χ0v) is 12.0. The molecule has 0 aromatic carbocycles. The van der Waals surface area contributed by atoms with Crippen molar-refractivity contribution in [2.45, 2.75) is 46.1 Å². The van der Waals surface area contributed by atoms with Gasteiger partial charge < -0.3 is 15.4 Å². The first-order valence-corrected chi connectivity index (χ1v) is 7.19. The lowest BCUT2D eigenvalue weighted by Gasteiger charge is -2.15. The molecule has 4 nitrogen and oxygen atoms in total. The minimum atomic E-state index is -0.328. The van der Waals surface area contributed by atoms with E-state index < -0.39 is 0 Å². The lowest BCUT2D eigenvalue weighted by atomic mass is 10.1. The highest BCUT2D eigenvalue weighted by atomic mass is 16.5. The Morgan fingerprint density at radius 2 is 2.22 bits per heavy atom. The molecule has 1 rings (SSSR count). The van der Waals surface area contributed by atoms with Crippen molar-refractivity contribution >= 4 is 5.91 Å². The van der Waals surface area contributed by atoms with E-state index >= 15 is 0 Å². The Kier molecular flexibility index (Phi) is 7.28. The molecule has 1 fully saturated rings. The van der Waals surface area contributed by atoms with Gasteiger partial charge in [0.15, 0.2) is 0 Å². The quantitative estimate of drug-likeness (QED) is 0.693. The van der Waals surface area contributed by atoms with E-state index in [0.29, 0.717) is 12.5 Å². The molecule has 1 heterocycles. The van der Waals surface area contributed by atoms with Crippen LogP contribution in [0.1, 0.15) is 40.0 Å². The molecule has 2 N–H and O–H groups in total. The first kappa shape index (κ1) is 15.4. The predicted octanol–water partition coefficient (Wildman–Crippen LogP) is 1.55. The van der Waals surface area contributed by atoms with Crippen LogP contribution in [0.25, 0.3) is 0 Å². The Bertz CT molecular complexity index is 238. The number of carbonyl (C=O) groups is 1. The van der Waals surface area contributed by atoms with Gasteiger partial charge in [0.05, 0.1) is 0 Å². The molecule has 1 saturated heterocycles. The van der Waals surface area contributed by atoms with Crippen molar-refractivity contribution in [3.05, 3.63) is 0 Å². The number of rotatable bonds is 8. The van der Waals surface area contributed by atoms with Crippen LogP contribution in [0.4, 0.5) is 0 Å². The van der Waals surface area contributed by atoms with Gasteiger partial charge in [0, 0.05) is 13.2 Å². The third-order valence-electron chi connectivity index (χ3n) is 3.45. The SMILES string of the molecule is CC(C)CCOC(C)C(=O)NCCC1CCNC1. The second kappa shape index (κ2) is 8.48. The first-order valence-electron chi connectivity index (χ1n) is 7.19. The van der Waals surface area contributed by atoms with Gasteiger partial charge in [-0.3, -0.25) is 4.79 Å². The van der Waals surface area contributed by atoms with Crippen LogP contribution in [0.2, 0.25) is 0 Å². The summed E-state index contributed by atoms with van der Waals surface area (Å²) in [7, 11) is 0. The average molecular weight is 256 g/mol. The molecule has 0 saturated carbocycles. The summed E-state index contributed by atoms with van der Waals surface area (Å²) in [5.41, 5.74) is 0. The summed E-state index contributed by atoms with van der Waals surface area (Å²) in [4.78, 5) is 11.7. The van der Waals surface area contributed by atoms with Gasteiger partial charge >= 0.3 is 0 Å². The van der Waals surface area contributed by atoms with Gasteiger partial charge in [-0.15, -0.1) is 0 Å². The van der Waals surface area contributed by atoms with E-state index in [-0.39, 0.29) is 12.0 Å². The largest absolute Gasteiger partial charge is 0.369 e. The van der Waals surface area contributed by atoms with Gasteiger partial charge in [0.2, 0.25) is 5.91 Å². The van der Waals surface area contributed by atoms with E-state index in [1.54, 1.807) is 0 Å². The summed E-state index contributed by atoms with van der Waals surface area (Å²) < 4.78 is 5.51. The molecule has 0 bridgehead atoms. The predicted molar refractivity (Wildman–Crippen MR) is 73.5 cm³/mol. The van der Waals surface area contributed by atoms with Crippen LogP contribution >= 0.6 is 0 Å². The van der Waals surface area contributed by atoms with Crippen molar-refractivity contribution in [1.82, 2.24) is 10.6 Å². The molecule has 1 aliphatic heterocycles. The average Bonchev–Trinajstić information content (AvgIpc) is 2.81. The fraction of sp³-hybridized carbons (Fsp3) is 0.929. The standard InChI is InChI=1S/C14H28N2O2/c1-11(2)6-9-18-12(3)14(17)16-8-5-13-4-7-15-10-13/h11-13,15H,4-10H2,1-3H3,(H,16,17). The van der Waals surface area contributed by atoms with Crippen LogP contribution in [-0.4, -0.2) is 38.3 Å². The third-order valence-corrected chi connectivity index (χ3v) is 3.45. The number of ether oxygens (including phenoxy) is 1. The molecule has 0 spiro atoms. The second-order valence-corrected chi connectivity index (χ2v) is 5.63. The second-order valence-electron chi connectivity index (χ2n) is 5.63. The maximum Gasteiger partial charge on any atom is 0.248 e. The van der Waals surface area contributed by atoms with Crippen LogP contribution in [0.5, 0.6) is 0 Å². The molecular weight excluding hydrogens is 228 g/mol. The smallest absolute Gasteiger partial charge is 0.248 e. The van der Waals surface area contributed by atoms with Crippen molar-refractivity contribution in [2.24, 2.45) is 11.8 Å². The Labute approximate surface area is 111 Å². The van der Waals surface area contributed by atoms with E-state index in [1.165, 1.54) is 6.42 Å².